The molecule has 3 N–H and O–H groups in total. The van der Waals surface area contributed by atoms with Crippen LogP contribution in [-0.2, 0) is 17.6 Å². The molecule has 4 heteroatoms. The van der Waals surface area contributed by atoms with Crippen LogP contribution in [0.15, 0.2) is 54.7 Å². The van der Waals surface area contributed by atoms with E-state index in [0.717, 1.165) is 12.1 Å². The highest BCUT2D eigenvalue weighted by molar-refractivity contribution is 5.81. The van der Waals surface area contributed by atoms with Crippen LogP contribution in [-0.4, -0.2) is 23.5 Å². The van der Waals surface area contributed by atoms with Crippen molar-refractivity contribution in [1.29, 1.82) is 0 Å². The number of amides is 1. The molecule has 0 unspecified atom stereocenters. The van der Waals surface area contributed by atoms with Crippen molar-refractivity contribution in [2.45, 2.75) is 18.9 Å². The van der Waals surface area contributed by atoms with Gasteiger partial charge in [-0.3, -0.25) is 9.78 Å². The molecule has 1 heterocycles. The molecule has 0 radical (unpaired) electrons. The quantitative estimate of drug-likeness (QED) is 0.831. The first-order valence-electron chi connectivity index (χ1n) is 6.73. The Bertz CT molecular complexity index is 528. The van der Waals surface area contributed by atoms with Crippen LogP contribution in [0.4, 0.5) is 0 Å². The maximum Gasteiger partial charge on any atom is 0.237 e. The van der Waals surface area contributed by atoms with E-state index in [0.29, 0.717) is 13.0 Å². The standard InChI is InChI=1S/C16H19N3O/c17-15(12-14-8-4-5-10-18-14)16(20)19-11-9-13-6-2-1-3-7-13/h1-8,10,15H,9,11-12,17H2,(H,19,20)/t15-/m0/s1. The van der Waals surface area contributed by atoms with E-state index >= 15 is 0 Å². The molecule has 1 aromatic heterocycles. The minimum absolute atomic E-state index is 0.133. The average molecular weight is 269 g/mol. The fourth-order valence-corrected chi connectivity index (χ4v) is 1.94. The van der Waals surface area contributed by atoms with Crippen molar-refractivity contribution in [2.75, 3.05) is 6.54 Å². The number of nitrogens with two attached hydrogens (primary N) is 1. The predicted octanol–water partition coefficient (Wildman–Crippen LogP) is 1.31. The molecule has 1 aromatic carbocycles. The van der Waals surface area contributed by atoms with E-state index in [4.69, 9.17) is 5.73 Å². The number of aromatic nitrogens is 1. The zero-order valence-corrected chi connectivity index (χ0v) is 11.3. The molecule has 104 valence electrons. The summed E-state index contributed by atoms with van der Waals surface area (Å²) in [5.41, 5.74) is 7.91. The van der Waals surface area contributed by atoms with Gasteiger partial charge < -0.3 is 11.1 Å². The van der Waals surface area contributed by atoms with Crippen LogP contribution >= 0.6 is 0 Å². The summed E-state index contributed by atoms with van der Waals surface area (Å²) in [4.78, 5) is 16.0. The Labute approximate surface area is 119 Å². The molecule has 0 spiro atoms. The molecule has 0 aliphatic rings. The molecule has 2 aromatic rings. The largest absolute Gasteiger partial charge is 0.354 e. The van der Waals surface area contributed by atoms with Crippen LogP contribution in [0, 0.1) is 0 Å². The summed E-state index contributed by atoms with van der Waals surface area (Å²) in [7, 11) is 0. The Morgan fingerprint density at radius 2 is 1.90 bits per heavy atom. The fourth-order valence-electron chi connectivity index (χ4n) is 1.94. The minimum atomic E-state index is -0.555. The van der Waals surface area contributed by atoms with Crippen molar-refractivity contribution in [1.82, 2.24) is 10.3 Å². The number of benzene rings is 1. The number of pyridine rings is 1. The number of hydrogen-bond donors (Lipinski definition) is 2. The average Bonchev–Trinajstić information content (AvgIpc) is 2.49. The van der Waals surface area contributed by atoms with E-state index in [-0.39, 0.29) is 5.91 Å². The third-order valence-electron chi connectivity index (χ3n) is 3.05. The molecule has 0 fully saturated rings. The van der Waals surface area contributed by atoms with E-state index in [1.165, 1.54) is 5.56 Å². The number of nitrogens with one attached hydrogen (secondary N) is 1. The second kappa shape index (κ2) is 7.40. The molecule has 4 nitrogen and oxygen atoms in total. The molecule has 0 bridgehead atoms. The maximum absolute atomic E-state index is 11.9. The number of carbonyl (C=O) groups excluding carboxylic acids is 1. The summed E-state index contributed by atoms with van der Waals surface area (Å²) >= 11 is 0. The summed E-state index contributed by atoms with van der Waals surface area (Å²) in [6, 6.07) is 15.1. The third kappa shape index (κ3) is 4.48. The third-order valence-corrected chi connectivity index (χ3v) is 3.05. The zero-order chi connectivity index (χ0) is 14.2. The highest BCUT2D eigenvalue weighted by Gasteiger charge is 2.13. The Kier molecular flexibility index (Phi) is 5.26. The van der Waals surface area contributed by atoms with E-state index in [1.54, 1.807) is 6.20 Å². The maximum atomic E-state index is 11.9. The van der Waals surface area contributed by atoms with Gasteiger partial charge in [0.2, 0.25) is 5.91 Å². The fraction of sp³-hybridized carbons (Fsp3) is 0.250. The van der Waals surface area contributed by atoms with Gasteiger partial charge in [-0.2, -0.15) is 0 Å². The van der Waals surface area contributed by atoms with Crippen LogP contribution < -0.4 is 11.1 Å². The monoisotopic (exact) mass is 269 g/mol. The molecule has 1 atom stereocenters. The molecule has 1 amide bonds. The van der Waals surface area contributed by atoms with Gasteiger partial charge in [0.05, 0.1) is 6.04 Å². The lowest BCUT2D eigenvalue weighted by molar-refractivity contribution is -0.122. The first-order valence-corrected chi connectivity index (χ1v) is 6.73. The van der Waals surface area contributed by atoms with Gasteiger partial charge in [-0.25, -0.2) is 0 Å². The van der Waals surface area contributed by atoms with Crippen molar-refractivity contribution in [2.24, 2.45) is 5.73 Å². The van der Waals surface area contributed by atoms with Crippen molar-refractivity contribution >= 4 is 5.91 Å². The highest BCUT2D eigenvalue weighted by Crippen LogP contribution is 2.00. The van der Waals surface area contributed by atoms with Crippen LogP contribution in [0.2, 0.25) is 0 Å². The van der Waals surface area contributed by atoms with Gasteiger partial charge in [0.1, 0.15) is 0 Å². The number of rotatable bonds is 6. The molecule has 0 aliphatic heterocycles. The normalized spacial score (nSPS) is 11.8. The topological polar surface area (TPSA) is 68.0 Å². The number of carbonyl (C=O) groups is 1. The van der Waals surface area contributed by atoms with Gasteiger partial charge in [0.15, 0.2) is 0 Å². The van der Waals surface area contributed by atoms with Crippen LogP contribution in [0.25, 0.3) is 0 Å². The summed E-state index contributed by atoms with van der Waals surface area (Å²) in [6.07, 6.45) is 2.97. The molecule has 20 heavy (non-hydrogen) atoms. The Hall–Kier alpha value is -2.20. The first kappa shape index (κ1) is 14.2. The number of hydrogen-bond acceptors (Lipinski definition) is 3. The van der Waals surface area contributed by atoms with Crippen LogP contribution in [0.1, 0.15) is 11.3 Å². The highest BCUT2D eigenvalue weighted by atomic mass is 16.2. The van der Waals surface area contributed by atoms with Gasteiger partial charge in [-0.05, 0) is 24.1 Å². The Morgan fingerprint density at radius 1 is 1.15 bits per heavy atom. The van der Waals surface area contributed by atoms with Gasteiger partial charge in [-0.1, -0.05) is 36.4 Å². The molecule has 0 aliphatic carbocycles. The molecule has 0 saturated heterocycles. The van der Waals surface area contributed by atoms with E-state index in [9.17, 15) is 4.79 Å². The minimum Gasteiger partial charge on any atom is -0.354 e. The summed E-state index contributed by atoms with van der Waals surface area (Å²) in [5.74, 6) is -0.133. The molecule has 2 rings (SSSR count). The van der Waals surface area contributed by atoms with Crippen molar-refractivity contribution in [3.63, 3.8) is 0 Å². The summed E-state index contributed by atoms with van der Waals surface area (Å²) < 4.78 is 0. The van der Waals surface area contributed by atoms with Crippen molar-refractivity contribution in [3.05, 3.63) is 66.0 Å². The second-order valence-corrected chi connectivity index (χ2v) is 4.66. The SMILES string of the molecule is N[C@@H](Cc1ccccn1)C(=O)NCCc1ccccc1. The molecular formula is C16H19N3O. The molecule has 0 saturated carbocycles. The van der Waals surface area contributed by atoms with Gasteiger partial charge in [0, 0.05) is 24.9 Å². The van der Waals surface area contributed by atoms with Crippen LogP contribution in [0.3, 0.4) is 0 Å². The Morgan fingerprint density at radius 3 is 2.60 bits per heavy atom. The zero-order valence-electron chi connectivity index (χ0n) is 11.3. The van der Waals surface area contributed by atoms with Crippen molar-refractivity contribution in [3.8, 4) is 0 Å². The van der Waals surface area contributed by atoms with E-state index in [1.807, 2.05) is 48.5 Å². The first-order chi connectivity index (χ1) is 9.75. The van der Waals surface area contributed by atoms with E-state index in [2.05, 4.69) is 10.3 Å². The van der Waals surface area contributed by atoms with Crippen molar-refractivity contribution < 1.29 is 4.79 Å². The summed E-state index contributed by atoms with van der Waals surface area (Å²) in [5, 5.41) is 2.86. The summed E-state index contributed by atoms with van der Waals surface area (Å²) in [6.45, 7) is 0.596. The lowest BCUT2D eigenvalue weighted by Gasteiger charge is -2.11. The second-order valence-electron chi connectivity index (χ2n) is 4.66. The van der Waals surface area contributed by atoms with E-state index < -0.39 is 6.04 Å². The van der Waals surface area contributed by atoms with Gasteiger partial charge in [-0.15, -0.1) is 0 Å². The lowest BCUT2D eigenvalue weighted by atomic mass is 10.1. The predicted molar refractivity (Wildman–Crippen MR) is 79.1 cm³/mol. The lowest BCUT2D eigenvalue weighted by Crippen LogP contribution is -2.42. The van der Waals surface area contributed by atoms with Gasteiger partial charge >= 0.3 is 0 Å². The Balaban J connectivity index is 1.74. The smallest absolute Gasteiger partial charge is 0.237 e. The molecular weight excluding hydrogens is 250 g/mol. The number of nitrogens with zero attached hydrogens (tertiary/aromatic N) is 1. The van der Waals surface area contributed by atoms with Gasteiger partial charge in [0.25, 0.3) is 0 Å². The van der Waals surface area contributed by atoms with Crippen LogP contribution in [0.5, 0.6) is 0 Å².